The molecule has 0 spiro atoms. The van der Waals surface area contributed by atoms with E-state index in [0.717, 1.165) is 24.9 Å². The van der Waals surface area contributed by atoms with Crippen molar-refractivity contribution >= 4 is 11.9 Å². The summed E-state index contributed by atoms with van der Waals surface area (Å²) in [6, 6.07) is 10.2. The Hall–Kier alpha value is -1.92. The molecule has 2 aliphatic heterocycles. The average molecular weight is 357 g/mol. The van der Waals surface area contributed by atoms with E-state index in [1.807, 2.05) is 35.2 Å². The number of rotatable bonds is 5. The van der Waals surface area contributed by atoms with E-state index in [4.69, 9.17) is 4.74 Å². The first-order valence-corrected chi connectivity index (χ1v) is 9.67. The van der Waals surface area contributed by atoms with Crippen molar-refractivity contribution in [2.45, 2.75) is 38.3 Å². The molecular formula is C20H27N3O3. The Kier molecular flexibility index (Phi) is 5.22. The summed E-state index contributed by atoms with van der Waals surface area (Å²) in [6.45, 7) is 2.57. The van der Waals surface area contributed by atoms with E-state index >= 15 is 0 Å². The smallest absolute Gasteiger partial charge is 0.310 e. The summed E-state index contributed by atoms with van der Waals surface area (Å²) in [6.07, 6.45) is 3.60. The van der Waals surface area contributed by atoms with Crippen molar-refractivity contribution < 1.29 is 14.3 Å². The number of carbonyl (C=O) groups is 2. The number of ether oxygens (including phenoxy) is 1. The third-order valence-corrected chi connectivity index (χ3v) is 5.94. The van der Waals surface area contributed by atoms with E-state index < -0.39 is 0 Å². The molecule has 4 unspecified atom stereocenters. The lowest BCUT2D eigenvalue weighted by Gasteiger charge is -2.31. The Morgan fingerprint density at radius 2 is 2.08 bits per heavy atom. The molecule has 0 radical (unpaired) electrons. The molecular weight excluding hydrogens is 330 g/mol. The van der Waals surface area contributed by atoms with Crippen LogP contribution in [0, 0.1) is 17.8 Å². The second kappa shape index (κ2) is 7.76. The van der Waals surface area contributed by atoms with Crippen molar-refractivity contribution in [1.29, 1.82) is 0 Å². The fourth-order valence-corrected chi connectivity index (χ4v) is 4.54. The molecule has 1 amide bonds. The zero-order valence-electron chi connectivity index (χ0n) is 15.0. The van der Waals surface area contributed by atoms with Crippen LogP contribution in [0.3, 0.4) is 0 Å². The number of benzene rings is 1. The van der Waals surface area contributed by atoms with Gasteiger partial charge in [-0.3, -0.25) is 20.4 Å². The predicted octanol–water partition coefficient (Wildman–Crippen LogP) is 1.47. The van der Waals surface area contributed by atoms with E-state index in [2.05, 4.69) is 10.9 Å². The maximum absolute atomic E-state index is 12.6. The number of hydrazine groups is 1. The van der Waals surface area contributed by atoms with E-state index in [-0.39, 0.29) is 29.8 Å². The zero-order chi connectivity index (χ0) is 17.9. The van der Waals surface area contributed by atoms with E-state index in [1.54, 1.807) is 0 Å². The van der Waals surface area contributed by atoms with E-state index in [0.29, 0.717) is 32.0 Å². The molecule has 0 aromatic heterocycles. The fourth-order valence-electron chi connectivity index (χ4n) is 4.54. The average Bonchev–Trinajstić information content (AvgIpc) is 3.27. The number of nitrogens with one attached hydrogen (secondary N) is 2. The SMILES string of the molecule is O=C(OCC1CC(=O)N(Cc2ccccc2)C1)C1CCCC2CNNC21. The van der Waals surface area contributed by atoms with Crippen LogP contribution in [0.1, 0.15) is 31.2 Å². The molecule has 26 heavy (non-hydrogen) atoms. The predicted molar refractivity (Wildman–Crippen MR) is 96.7 cm³/mol. The Bertz CT molecular complexity index is 651. The first-order valence-electron chi connectivity index (χ1n) is 9.67. The van der Waals surface area contributed by atoms with Crippen LogP contribution in [-0.2, 0) is 20.9 Å². The summed E-state index contributed by atoms with van der Waals surface area (Å²) in [5.74, 6) is 0.598. The fraction of sp³-hybridized carbons (Fsp3) is 0.600. The van der Waals surface area contributed by atoms with Gasteiger partial charge in [0.05, 0.1) is 12.5 Å². The van der Waals surface area contributed by atoms with Crippen molar-refractivity contribution in [3.63, 3.8) is 0 Å². The van der Waals surface area contributed by atoms with Crippen LogP contribution in [0.15, 0.2) is 30.3 Å². The summed E-state index contributed by atoms with van der Waals surface area (Å²) in [7, 11) is 0. The molecule has 2 saturated heterocycles. The lowest BCUT2D eigenvalue weighted by Crippen LogP contribution is -2.44. The van der Waals surface area contributed by atoms with Crippen LogP contribution in [0.2, 0.25) is 0 Å². The Morgan fingerprint density at radius 1 is 1.23 bits per heavy atom. The third-order valence-electron chi connectivity index (χ3n) is 5.94. The molecule has 140 valence electrons. The molecule has 4 atom stereocenters. The van der Waals surface area contributed by atoms with Crippen molar-refractivity contribution in [2.75, 3.05) is 19.7 Å². The van der Waals surface area contributed by atoms with Crippen LogP contribution in [-0.4, -0.2) is 42.5 Å². The van der Waals surface area contributed by atoms with Gasteiger partial charge in [0.15, 0.2) is 0 Å². The maximum Gasteiger partial charge on any atom is 0.310 e. The molecule has 1 saturated carbocycles. The topological polar surface area (TPSA) is 70.7 Å². The number of carbonyl (C=O) groups excluding carboxylic acids is 2. The molecule has 2 heterocycles. The summed E-state index contributed by atoms with van der Waals surface area (Å²) < 4.78 is 5.63. The molecule has 1 aromatic rings. The van der Waals surface area contributed by atoms with Gasteiger partial charge in [-0.15, -0.1) is 0 Å². The van der Waals surface area contributed by atoms with Gasteiger partial charge in [-0.25, -0.2) is 0 Å². The van der Waals surface area contributed by atoms with Gasteiger partial charge < -0.3 is 9.64 Å². The molecule has 6 nitrogen and oxygen atoms in total. The van der Waals surface area contributed by atoms with Gasteiger partial charge in [0.1, 0.15) is 0 Å². The Morgan fingerprint density at radius 3 is 2.92 bits per heavy atom. The first kappa shape index (κ1) is 17.5. The Balaban J connectivity index is 1.27. The second-order valence-corrected chi connectivity index (χ2v) is 7.81. The van der Waals surface area contributed by atoms with Crippen molar-refractivity contribution in [3.05, 3.63) is 35.9 Å². The van der Waals surface area contributed by atoms with Gasteiger partial charge in [-0.2, -0.15) is 0 Å². The number of esters is 1. The van der Waals surface area contributed by atoms with Gasteiger partial charge in [0.2, 0.25) is 5.91 Å². The highest BCUT2D eigenvalue weighted by molar-refractivity contribution is 5.79. The molecule has 3 aliphatic rings. The van der Waals surface area contributed by atoms with Crippen LogP contribution >= 0.6 is 0 Å². The summed E-state index contributed by atoms with van der Waals surface area (Å²) in [4.78, 5) is 26.7. The molecule has 1 aromatic carbocycles. The van der Waals surface area contributed by atoms with Crippen LogP contribution in [0.25, 0.3) is 0 Å². The van der Waals surface area contributed by atoms with Gasteiger partial charge in [-0.1, -0.05) is 36.8 Å². The number of hydrogen-bond donors (Lipinski definition) is 2. The van der Waals surface area contributed by atoms with E-state index in [1.165, 1.54) is 6.42 Å². The van der Waals surface area contributed by atoms with Gasteiger partial charge in [0.25, 0.3) is 0 Å². The molecule has 0 bridgehead atoms. The summed E-state index contributed by atoms with van der Waals surface area (Å²) in [5, 5.41) is 0. The minimum absolute atomic E-state index is 0.0683. The third kappa shape index (κ3) is 3.76. The van der Waals surface area contributed by atoms with Crippen molar-refractivity contribution in [3.8, 4) is 0 Å². The van der Waals surface area contributed by atoms with Crippen LogP contribution in [0.5, 0.6) is 0 Å². The lowest BCUT2D eigenvalue weighted by atomic mass is 9.78. The molecule has 3 fully saturated rings. The zero-order valence-corrected chi connectivity index (χ0v) is 15.0. The minimum atomic E-state index is -0.107. The molecule has 6 heteroatoms. The largest absolute Gasteiger partial charge is 0.465 e. The quantitative estimate of drug-likeness (QED) is 0.781. The van der Waals surface area contributed by atoms with Crippen LogP contribution < -0.4 is 10.9 Å². The number of nitrogens with zero attached hydrogens (tertiary/aromatic N) is 1. The number of likely N-dealkylation sites (tertiary alicyclic amines) is 1. The number of amides is 1. The highest BCUT2D eigenvalue weighted by Crippen LogP contribution is 2.32. The molecule has 4 rings (SSSR count). The number of fused-ring (bicyclic) bond motifs is 1. The minimum Gasteiger partial charge on any atom is -0.465 e. The Labute approximate surface area is 154 Å². The monoisotopic (exact) mass is 357 g/mol. The summed E-state index contributed by atoms with van der Waals surface area (Å²) in [5.41, 5.74) is 7.55. The van der Waals surface area contributed by atoms with Crippen molar-refractivity contribution in [1.82, 2.24) is 15.8 Å². The van der Waals surface area contributed by atoms with E-state index in [9.17, 15) is 9.59 Å². The van der Waals surface area contributed by atoms with Gasteiger partial charge in [0, 0.05) is 38.0 Å². The normalized spacial score (nSPS) is 31.1. The second-order valence-electron chi connectivity index (χ2n) is 7.81. The highest BCUT2D eigenvalue weighted by Gasteiger charge is 2.41. The molecule has 1 aliphatic carbocycles. The first-order chi connectivity index (χ1) is 12.7. The molecule has 2 N–H and O–H groups in total. The lowest BCUT2D eigenvalue weighted by molar-refractivity contribution is -0.152. The van der Waals surface area contributed by atoms with Gasteiger partial charge >= 0.3 is 5.97 Å². The standard InChI is InChI=1S/C20H27N3O3/c24-18-9-15(12-23(18)11-14-5-2-1-3-6-14)13-26-20(25)17-8-4-7-16-10-21-22-19(16)17/h1-3,5-6,15-17,19,21-22H,4,7-13H2. The summed E-state index contributed by atoms with van der Waals surface area (Å²) >= 11 is 0. The van der Waals surface area contributed by atoms with Crippen LogP contribution in [0.4, 0.5) is 0 Å². The number of hydrogen-bond acceptors (Lipinski definition) is 5. The highest BCUT2D eigenvalue weighted by atomic mass is 16.5. The van der Waals surface area contributed by atoms with Gasteiger partial charge in [-0.05, 0) is 24.3 Å². The van der Waals surface area contributed by atoms with Crippen molar-refractivity contribution in [2.24, 2.45) is 17.8 Å². The maximum atomic E-state index is 12.6.